The van der Waals surface area contributed by atoms with Crippen molar-refractivity contribution in [2.75, 3.05) is 13.2 Å². The highest BCUT2D eigenvalue weighted by Crippen LogP contribution is 2.16. The fourth-order valence-corrected chi connectivity index (χ4v) is 8.56. The molecule has 0 amide bonds. The highest BCUT2D eigenvalue weighted by Gasteiger charge is 2.19. The number of carbonyl (C=O) groups excluding carboxylic acids is 3. The Morgan fingerprint density at radius 2 is 0.529 bits per heavy atom. The van der Waals surface area contributed by atoms with Gasteiger partial charge in [0.1, 0.15) is 13.2 Å². The van der Waals surface area contributed by atoms with Crippen LogP contribution in [0.4, 0.5) is 0 Å². The average Bonchev–Trinajstić information content (AvgIpc) is 3.34. The zero-order chi connectivity index (χ0) is 49.3. The minimum atomic E-state index is -0.779. The molecule has 0 aromatic carbocycles. The number of unbranched alkanes of at least 4 members (excludes halogenated alkanes) is 35. The maximum atomic E-state index is 12.9. The Morgan fingerprint density at radius 1 is 0.294 bits per heavy atom. The Labute approximate surface area is 422 Å². The number of hydrogen-bond donors (Lipinski definition) is 0. The molecule has 1 unspecified atom stereocenters. The molecule has 0 aliphatic carbocycles. The van der Waals surface area contributed by atoms with Crippen LogP contribution in [-0.2, 0) is 28.6 Å². The van der Waals surface area contributed by atoms with E-state index in [9.17, 15) is 14.4 Å². The molecule has 0 aromatic rings. The zero-order valence-corrected chi connectivity index (χ0v) is 45.4. The SMILES string of the molecule is CCCCC/C=C\CCCCCCCC(=O)OCC(COC(=O)CCCCCCCC/C=C\C/C=C\C/C=C\CCCCCCC)OC(=O)CCCCCCCCCCCCCCCCCCC. The van der Waals surface area contributed by atoms with Crippen molar-refractivity contribution in [1.82, 2.24) is 0 Å². The third kappa shape index (κ3) is 54.3. The topological polar surface area (TPSA) is 78.9 Å². The van der Waals surface area contributed by atoms with Crippen molar-refractivity contribution in [3.8, 4) is 0 Å². The third-order valence-electron chi connectivity index (χ3n) is 13.1. The predicted molar refractivity (Wildman–Crippen MR) is 293 cm³/mol. The van der Waals surface area contributed by atoms with Gasteiger partial charge in [-0.05, 0) is 83.5 Å². The van der Waals surface area contributed by atoms with Crippen LogP contribution in [0.3, 0.4) is 0 Å². The van der Waals surface area contributed by atoms with Gasteiger partial charge in [-0.15, -0.1) is 0 Å². The quantitative estimate of drug-likeness (QED) is 0.0262. The van der Waals surface area contributed by atoms with E-state index in [1.165, 1.54) is 186 Å². The summed E-state index contributed by atoms with van der Waals surface area (Å²) in [5.41, 5.74) is 0. The molecule has 6 nitrogen and oxygen atoms in total. The molecule has 396 valence electrons. The van der Waals surface area contributed by atoms with Crippen LogP contribution in [0.5, 0.6) is 0 Å². The minimum Gasteiger partial charge on any atom is -0.462 e. The molecule has 0 saturated heterocycles. The number of carbonyl (C=O) groups is 3. The van der Waals surface area contributed by atoms with E-state index < -0.39 is 6.10 Å². The molecule has 0 saturated carbocycles. The van der Waals surface area contributed by atoms with Crippen molar-refractivity contribution in [1.29, 1.82) is 0 Å². The molecule has 0 spiro atoms. The van der Waals surface area contributed by atoms with E-state index in [-0.39, 0.29) is 31.1 Å². The van der Waals surface area contributed by atoms with Crippen molar-refractivity contribution in [2.45, 2.75) is 316 Å². The normalized spacial score (nSPS) is 12.3. The first-order valence-corrected chi connectivity index (χ1v) is 29.6. The summed E-state index contributed by atoms with van der Waals surface area (Å²) >= 11 is 0. The molecule has 0 rings (SSSR count). The smallest absolute Gasteiger partial charge is 0.306 e. The molecule has 0 aliphatic heterocycles. The number of allylic oxidation sites excluding steroid dienone is 8. The molecule has 0 aromatic heterocycles. The van der Waals surface area contributed by atoms with Gasteiger partial charge in [0.05, 0.1) is 0 Å². The molecule has 0 bridgehead atoms. The van der Waals surface area contributed by atoms with Gasteiger partial charge >= 0.3 is 17.9 Å². The number of rotatable bonds is 54. The Bertz CT molecular complexity index is 1190. The summed E-state index contributed by atoms with van der Waals surface area (Å²) in [6.07, 6.45) is 69.6. The summed E-state index contributed by atoms with van der Waals surface area (Å²) in [5, 5.41) is 0. The van der Waals surface area contributed by atoms with E-state index in [2.05, 4.69) is 69.4 Å². The maximum absolute atomic E-state index is 12.9. The van der Waals surface area contributed by atoms with Crippen LogP contribution in [0, 0.1) is 0 Å². The van der Waals surface area contributed by atoms with Crippen molar-refractivity contribution >= 4 is 17.9 Å². The van der Waals surface area contributed by atoms with Crippen LogP contribution in [0.2, 0.25) is 0 Å². The monoisotopic (exact) mass is 953 g/mol. The largest absolute Gasteiger partial charge is 0.462 e. The Hall–Kier alpha value is -2.63. The molecular weight excluding hydrogens is 841 g/mol. The van der Waals surface area contributed by atoms with Gasteiger partial charge in [0, 0.05) is 19.3 Å². The highest BCUT2D eigenvalue weighted by atomic mass is 16.6. The third-order valence-corrected chi connectivity index (χ3v) is 13.1. The van der Waals surface area contributed by atoms with Crippen LogP contribution in [0.15, 0.2) is 48.6 Å². The first kappa shape index (κ1) is 65.4. The summed E-state index contributed by atoms with van der Waals surface area (Å²) in [6, 6.07) is 0. The molecule has 1 atom stereocenters. The molecule has 6 heteroatoms. The van der Waals surface area contributed by atoms with E-state index >= 15 is 0 Å². The average molecular weight is 954 g/mol. The molecule has 0 aliphatic rings. The van der Waals surface area contributed by atoms with Gasteiger partial charge in [0.15, 0.2) is 6.10 Å². The van der Waals surface area contributed by atoms with E-state index in [0.29, 0.717) is 19.3 Å². The van der Waals surface area contributed by atoms with Crippen molar-refractivity contribution < 1.29 is 28.6 Å². The van der Waals surface area contributed by atoms with Gasteiger partial charge in [0.2, 0.25) is 0 Å². The van der Waals surface area contributed by atoms with Crippen molar-refractivity contribution in [3.05, 3.63) is 48.6 Å². The van der Waals surface area contributed by atoms with Gasteiger partial charge in [-0.1, -0.05) is 256 Å². The van der Waals surface area contributed by atoms with E-state index in [4.69, 9.17) is 14.2 Å². The summed E-state index contributed by atoms with van der Waals surface area (Å²) in [4.78, 5) is 38.1. The van der Waals surface area contributed by atoms with Gasteiger partial charge in [-0.25, -0.2) is 0 Å². The fraction of sp³-hybridized carbons (Fsp3) is 0.823. The van der Waals surface area contributed by atoms with Crippen LogP contribution in [0.25, 0.3) is 0 Å². The second kappa shape index (κ2) is 57.0. The lowest BCUT2D eigenvalue weighted by Crippen LogP contribution is -2.30. The zero-order valence-electron chi connectivity index (χ0n) is 45.4. The van der Waals surface area contributed by atoms with E-state index in [1.54, 1.807) is 0 Å². The van der Waals surface area contributed by atoms with Crippen LogP contribution < -0.4 is 0 Å². The number of hydrogen-bond acceptors (Lipinski definition) is 6. The van der Waals surface area contributed by atoms with Crippen LogP contribution in [0.1, 0.15) is 310 Å². The number of esters is 3. The van der Waals surface area contributed by atoms with Crippen LogP contribution in [-0.4, -0.2) is 37.2 Å². The van der Waals surface area contributed by atoms with Gasteiger partial charge in [-0.3, -0.25) is 14.4 Å². The maximum Gasteiger partial charge on any atom is 0.306 e. The summed E-state index contributed by atoms with van der Waals surface area (Å²) in [6.45, 7) is 6.62. The predicted octanol–water partition coefficient (Wildman–Crippen LogP) is 19.8. The lowest BCUT2D eigenvalue weighted by molar-refractivity contribution is -0.167. The van der Waals surface area contributed by atoms with Crippen LogP contribution >= 0.6 is 0 Å². The highest BCUT2D eigenvalue weighted by molar-refractivity contribution is 5.71. The molecular formula is C62H112O6. The second-order valence-electron chi connectivity index (χ2n) is 19.9. The Kier molecular flexibility index (Phi) is 54.8. The molecule has 68 heavy (non-hydrogen) atoms. The second-order valence-corrected chi connectivity index (χ2v) is 19.9. The summed E-state index contributed by atoms with van der Waals surface area (Å²) < 4.78 is 16.9. The molecule has 0 radical (unpaired) electrons. The Morgan fingerprint density at radius 3 is 0.868 bits per heavy atom. The van der Waals surface area contributed by atoms with Crippen molar-refractivity contribution in [2.24, 2.45) is 0 Å². The first-order chi connectivity index (χ1) is 33.5. The van der Waals surface area contributed by atoms with E-state index in [1.807, 2.05) is 0 Å². The lowest BCUT2D eigenvalue weighted by atomic mass is 10.0. The summed E-state index contributed by atoms with van der Waals surface area (Å²) in [7, 11) is 0. The van der Waals surface area contributed by atoms with Gasteiger partial charge < -0.3 is 14.2 Å². The minimum absolute atomic E-state index is 0.0790. The van der Waals surface area contributed by atoms with Gasteiger partial charge in [0.25, 0.3) is 0 Å². The fourth-order valence-electron chi connectivity index (χ4n) is 8.56. The van der Waals surface area contributed by atoms with E-state index in [0.717, 1.165) is 83.5 Å². The molecule has 0 fully saturated rings. The number of ether oxygens (including phenoxy) is 3. The first-order valence-electron chi connectivity index (χ1n) is 29.6. The molecule has 0 N–H and O–H groups in total. The van der Waals surface area contributed by atoms with Crippen molar-refractivity contribution in [3.63, 3.8) is 0 Å². The molecule has 0 heterocycles. The Balaban J connectivity index is 4.34. The standard InChI is InChI=1S/C62H112O6/c1-4-7-10-13-16-19-22-25-27-29-30-31-32-34-35-37-40-43-46-49-52-55-61(64)67-58-59(57-66-60(63)54-51-48-45-42-39-24-21-18-15-12-9-6-3)68-62(65)56-53-50-47-44-41-38-36-33-28-26-23-20-17-14-11-8-5-2/h18,21-22,25,29-30,32,34,59H,4-17,19-20,23-24,26-28,31,33,35-58H2,1-3H3/b21-18-,25-22-,30-29-,34-32-. The van der Waals surface area contributed by atoms with Gasteiger partial charge in [-0.2, -0.15) is 0 Å². The lowest BCUT2D eigenvalue weighted by Gasteiger charge is -2.18. The summed E-state index contributed by atoms with van der Waals surface area (Å²) in [5.74, 6) is -0.884.